The Morgan fingerprint density at radius 3 is 2.27 bits per heavy atom. The summed E-state index contributed by atoms with van der Waals surface area (Å²) in [5.74, 6) is 1.15. The number of aryl methyl sites for hydroxylation is 1. The Kier molecular flexibility index (Phi) is 6.05. The number of hydrogen-bond donors (Lipinski definition) is 1. The molecule has 0 aliphatic carbocycles. The summed E-state index contributed by atoms with van der Waals surface area (Å²) in [6, 6.07) is 24.0. The van der Waals surface area contributed by atoms with Crippen molar-refractivity contribution < 1.29 is 9.32 Å². The fourth-order valence-electron chi connectivity index (χ4n) is 3.46. The number of aromatic nitrogens is 2. The van der Waals surface area contributed by atoms with E-state index >= 15 is 0 Å². The fourth-order valence-corrected chi connectivity index (χ4v) is 4.11. The summed E-state index contributed by atoms with van der Waals surface area (Å²) in [6.45, 7) is 2.04. The molecule has 0 saturated heterocycles. The SMILES string of the molecule is CC(NC(=O)CCCc1nc(-c2cccs2)no1)(c1ccccc1)c1ccccc1. The first kappa shape index (κ1) is 20.0. The van der Waals surface area contributed by atoms with Crippen LogP contribution in [0.3, 0.4) is 0 Å². The van der Waals surface area contributed by atoms with Crippen LogP contribution < -0.4 is 5.32 Å². The van der Waals surface area contributed by atoms with Gasteiger partial charge in [-0.3, -0.25) is 4.79 Å². The van der Waals surface area contributed by atoms with Crippen molar-refractivity contribution in [3.05, 3.63) is 95.2 Å². The average molecular weight is 418 g/mol. The van der Waals surface area contributed by atoms with Crippen molar-refractivity contribution in [3.8, 4) is 10.7 Å². The molecule has 0 radical (unpaired) electrons. The third-order valence-corrected chi connectivity index (χ3v) is 5.96. The van der Waals surface area contributed by atoms with Crippen LogP contribution in [0.5, 0.6) is 0 Å². The van der Waals surface area contributed by atoms with Crippen LogP contribution in [0.4, 0.5) is 0 Å². The summed E-state index contributed by atoms with van der Waals surface area (Å²) >= 11 is 1.57. The van der Waals surface area contributed by atoms with Crippen LogP contribution in [0.2, 0.25) is 0 Å². The Labute approximate surface area is 179 Å². The molecular formula is C24H23N3O2S. The zero-order chi connectivity index (χ0) is 20.8. The van der Waals surface area contributed by atoms with Crippen molar-refractivity contribution in [1.29, 1.82) is 0 Å². The number of carbonyl (C=O) groups is 1. The Morgan fingerprint density at radius 2 is 1.67 bits per heavy atom. The lowest BCUT2D eigenvalue weighted by Gasteiger charge is -2.32. The van der Waals surface area contributed by atoms with Crippen LogP contribution >= 0.6 is 11.3 Å². The summed E-state index contributed by atoms with van der Waals surface area (Å²) in [6.07, 6.45) is 1.59. The lowest BCUT2D eigenvalue weighted by Crippen LogP contribution is -2.44. The van der Waals surface area contributed by atoms with Gasteiger partial charge in [-0.2, -0.15) is 4.98 Å². The highest BCUT2D eigenvalue weighted by atomic mass is 32.1. The second-order valence-corrected chi connectivity index (χ2v) is 8.20. The number of nitrogens with one attached hydrogen (secondary N) is 1. The number of thiophene rings is 1. The number of rotatable bonds is 8. The molecule has 2 aromatic carbocycles. The molecule has 4 aromatic rings. The molecular weight excluding hydrogens is 394 g/mol. The minimum absolute atomic E-state index is 0.0109. The highest BCUT2D eigenvalue weighted by Crippen LogP contribution is 2.29. The van der Waals surface area contributed by atoms with Crippen molar-refractivity contribution in [1.82, 2.24) is 15.5 Å². The Bertz CT molecular complexity index is 1040. The maximum atomic E-state index is 12.8. The fraction of sp³-hybridized carbons (Fsp3) is 0.208. The van der Waals surface area contributed by atoms with E-state index in [1.165, 1.54) is 0 Å². The van der Waals surface area contributed by atoms with Crippen molar-refractivity contribution in [3.63, 3.8) is 0 Å². The third kappa shape index (κ3) is 4.49. The summed E-state index contributed by atoms with van der Waals surface area (Å²) < 4.78 is 5.32. The average Bonchev–Trinajstić information content (AvgIpc) is 3.47. The number of carbonyl (C=O) groups excluding carboxylic acids is 1. The lowest BCUT2D eigenvalue weighted by atomic mass is 9.84. The smallest absolute Gasteiger partial charge is 0.226 e. The first-order chi connectivity index (χ1) is 14.6. The normalized spacial score (nSPS) is 11.4. The van der Waals surface area contributed by atoms with Gasteiger partial charge in [-0.15, -0.1) is 11.3 Å². The second kappa shape index (κ2) is 9.05. The van der Waals surface area contributed by atoms with Crippen LogP contribution in [0, 0.1) is 0 Å². The van der Waals surface area contributed by atoms with E-state index in [0.29, 0.717) is 31.0 Å². The third-order valence-electron chi connectivity index (χ3n) is 5.10. The van der Waals surface area contributed by atoms with Crippen LogP contribution in [0.25, 0.3) is 10.7 Å². The number of benzene rings is 2. The molecule has 30 heavy (non-hydrogen) atoms. The topological polar surface area (TPSA) is 68.0 Å². The van der Waals surface area contributed by atoms with Crippen LogP contribution in [-0.2, 0) is 16.8 Å². The maximum Gasteiger partial charge on any atom is 0.226 e. The van der Waals surface area contributed by atoms with E-state index in [0.717, 1.165) is 16.0 Å². The summed E-state index contributed by atoms with van der Waals surface area (Å²) in [7, 11) is 0. The van der Waals surface area contributed by atoms with Gasteiger partial charge in [0.2, 0.25) is 17.6 Å². The van der Waals surface area contributed by atoms with Gasteiger partial charge in [0.05, 0.1) is 10.4 Å². The van der Waals surface area contributed by atoms with E-state index in [2.05, 4.69) is 15.5 Å². The molecule has 0 aliphatic rings. The molecule has 0 spiro atoms. The molecule has 0 fully saturated rings. The van der Waals surface area contributed by atoms with Gasteiger partial charge >= 0.3 is 0 Å². The Hall–Kier alpha value is -3.25. The maximum absolute atomic E-state index is 12.8. The number of amides is 1. The molecule has 0 saturated carbocycles. The molecule has 2 aromatic heterocycles. The van der Waals surface area contributed by atoms with E-state index < -0.39 is 5.54 Å². The van der Waals surface area contributed by atoms with Crippen molar-refractivity contribution in [2.45, 2.75) is 31.7 Å². The second-order valence-electron chi connectivity index (χ2n) is 7.25. The zero-order valence-electron chi connectivity index (χ0n) is 16.7. The van der Waals surface area contributed by atoms with E-state index in [1.807, 2.05) is 85.1 Å². The minimum atomic E-state index is -0.601. The minimum Gasteiger partial charge on any atom is -0.343 e. The van der Waals surface area contributed by atoms with Crippen molar-refractivity contribution in [2.24, 2.45) is 0 Å². The monoisotopic (exact) mass is 417 g/mol. The molecule has 4 rings (SSSR count). The molecule has 2 heterocycles. The number of nitrogens with zero attached hydrogens (tertiary/aromatic N) is 2. The van der Waals surface area contributed by atoms with E-state index in [4.69, 9.17) is 4.52 Å². The highest BCUT2D eigenvalue weighted by molar-refractivity contribution is 7.13. The molecule has 1 N–H and O–H groups in total. The Morgan fingerprint density at radius 1 is 1.00 bits per heavy atom. The molecule has 0 bridgehead atoms. The zero-order valence-corrected chi connectivity index (χ0v) is 17.6. The van der Waals surface area contributed by atoms with Gasteiger partial charge in [0, 0.05) is 12.8 Å². The molecule has 0 unspecified atom stereocenters. The molecule has 6 heteroatoms. The van der Waals surface area contributed by atoms with Gasteiger partial charge in [-0.05, 0) is 35.9 Å². The predicted molar refractivity (Wildman–Crippen MR) is 118 cm³/mol. The van der Waals surface area contributed by atoms with Gasteiger partial charge in [0.15, 0.2) is 0 Å². The Balaban J connectivity index is 1.40. The van der Waals surface area contributed by atoms with Crippen molar-refractivity contribution in [2.75, 3.05) is 0 Å². The van der Waals surface area contributed by atoms with E-state index in [1.54, 1.807) is 11.3 Å². The standard InChI is InChI=1S/C24H23N3O2S/c1-24(18-10-4-2-5-11-18,19-12-6-3-7-13-19)26-21(28)15-8-16-22-25-23(27-29-22)20-14-9-17-30-20/h2-7,9-14,17H,8,15-16H2,1H3,(H,26,28). The first-order valence-electron chi connectivity index (χ1n) is 9.94. The highest BCUT2D eigenvalue weighted by Gasteiger charge is 2.30. The summed E-state index contributed by atoms with van der Waals surface area (Å²) in [5, 5.41) is 9.23. The van der Waals surface area contributed by atoms with Crippen LogP contribution in [0.1, 0.15) is 36.8 Å². The van der Waals surface area contributed by atoms with Gasteiger partial charge in [0.25, 0.3) is 0 Å². The molecule has 0 atom stereocenters. The summed E-state index contributed by atoms with van der Waals surface area (Å²) in [5.41, 5.74) is 1.49. The van der Waals surface area contributed by atoms with Crippen LogP contribution in [0.15, 0.2) is 82.7 Å². The van der Waals surface area contributed by atoms with Gasteiger partial charge < -0.3 is 9.84 Å². The van der Waals surface area contributed by atoms with Gasteiger partial charge in [-0.25, -0.2) is 0 Å². The molecule has 5 nitrogen and oxygen atoms in total. The number of hydrogen-bond acceptors (Lipinski definition) is 5. The lowest BCUT2D eigenvalue weighted by molar-refractivity contribution is -0.122. The predicted octanol–water partition coefficient (Wildman–Crippen LogP) is 5.20. The van der Waals surface area contributed by atoms with E-state index in [-0.39, 0.29) is 5.91 Å². The van der Waals surface area contributed by atoms with Gasteiger partial charge in [-0.1, -0.05) is 71.9 Å². The van der Waals surface area contributed by atoms with Gasteiger partial charge in [0.1, 0.15) is 0 Å². The van der Waals surface area contributed by atoms with E-state index in [9.17, 15) is 4.79 Å². The van der Waals surface area contributed by atoms with Crippen molar-refractivity contribution >= 4 is 17.2 Å². The largest absolute Gasteiger partial charge is 0.343 e. The van der Waals surface area contributed by atoms with Crippen LogP contribution in [-0.4, -0.2) is 16.0 Å². The molecule has 0 aliphatic heterocycles. The molecule has 1 amide bonds. The molecule has 152 valence electrons. The first-order valence-corrected chi connectivity index (χ1v) is 10.8. The quantitative estimate of drug-likeness (QED) is 0.428. The summed E-state index contributed by atoms with van der Waals surface area (Å²) in [4.78, 5) is 18.2.